The maximum atomic E-state index is 12.5. The molecule has 1 aliphatic heterocycles. The molecule has 1 heterocycles. The van der Waals surface area contributed by atoms with E-state index in [-0.39, 0.29) is 11.8 Å². The Balaban J connectivity index is 1.43. The zero-order valence-corrected chi connectivity index (χ0v) is 16.0. The van der Waals surface area contributed by atoms with Crippen LogP contribution in [-0.2, 0) is 22.4 Å². The van der Waals surface area contributed by atoms with E-state index in [4.69, 9.17) is 0 Å². The van der Waals surface area contributed by atoms with Gasteiger partial charge in [0, 0.05) is 45.2 Å². The molecule has 2 aliphatic rings. The molecule has 136 valence electrons. The third-order valence-corrected chi connectivity index (χ3v) is 5.99. The van der Waals surface area contributed by atoms with Crippen LogP contribution in [0.25, 0.3) is 0 Å². The van der Waals surface area contributed by atoms with Crippen LogP contribution in [0, 0.1) is 0 Å². The molecule has 0 atom stereocenters. The first-order valence-electron chi connectivity index (χ1n) is 8.98. The van der Waals surface area contributed by atoms with Gasteiger partial charge in [0.15, 0.2) is 0 Å². The van der Waals surface area contributed by atoms with E-state index >= 15 is 0 Å². The normalized spacial score (nSPS) is 17.4. The molecule has 3 rings (SSSR count). The van der Waals surface area contributed by atoms with Gasteiger partial charge in [-0.1, -0.05) is 6.07 Å². The van der Waals surface area contributed by atoms with E-state index in [1.54, 1.807) is 30.8 Å². The molecule has 25 heavy (non-hydrogen) atoms. The molecule has 0 unspecified atom stereocenters. The topological polar surface area (TPSA) is 43.9 Å². The highest BCUT2D eigenvalue weighted by molar-refractivity contribution is 8.00. The summed E-state index contributed by atoms with van der Waals surface area (Å²) in [7, 11) is 3.55. The molecule has 6 heteroatoms. The molecule has 2 amide bonds. The molecular weight excluding hydrogens is 334 g/mol. The summed E-state index contributed by atoms with van der Waals surface area (Å²) < 4.78 is 0. The van der Waals surface area contributed by atoms with Gasteiger partial charge in [0.1, 0.15) is 0 Å². The van der Waals surface area contributed by atoms with Crippen molar-refractivity contribution in [1.29, 1.82) is 0 Å². The van der Waals surface area contributed by atoms with Crippen molar-refractivity contribution in [3.63, 3.8) is 0 Å². The average molecular weight is 362 g/mol. The Morgan fingerprint density at radius 3 is 2.52 bits per heavy atom. The fourth-order valence-electron chi connectivity index (χ4n) is 3.36. The van der Waals surface area contributed by atoms with Crippen molar-refractivity contribution in [2.75, 3.05) is 52.6 Å². The van der Waals surface area contributed by atoms with Gasteiger partial charge in [-0.05, 0) is 42.5 Å². The molecule has 1 aromatic carbocycles. The minimum absolute atomic E-state index is 0.118. The Morgan fingerprint density at radius 1 is 1.08 bits per heavy atom. The number of piperazine rings is 1. The fourth-order valence-corrected chi connectivity index (χ4v) is 4.23. The van der Waals surface area contributed by atoms with Gasteiger partial charge >= 0.3 is 0 Å². The number of fused-ring (bicyclic) bond motifs is 1. The van der Waals surface area contributed by atoms with E-state index in [2.05, 4.69) is 23.1 Å². The SMILES string of the molecule is CN(C)C(=O)CN1CCN(C(=O)CSc2ccc3c(c2)CCC3)CC1. The zero-order chi connectivity index (χ0) is 17.8. The molecule has 0 bridgehead atoms. The van der Waals surface area contributed by atoms with Crippen LogP contribution in [-0.4, -0.2) is 79.1 Å². The monoisotopic (exact) mass is 361 g/mol. The van der Waals surface area contributed by atoms with Crippen LogP contribution in [0.3, 0.4) is 0 Å². The van der Waals surface area contributed by atoms with Gasteiger partial charge < -0.3 is 9.80 Å². The molecular formula is C19H27N3O2S. The summed E-state index contributed by atoms with van der Waals surface area (Å²) in [6.45, 7) is 3.41. The molecule has 1 aromatic rings. The Bertz CT molecular complexity index is 640. The molecule has 1 saturated heterocycles. The van der Waals surface area contributed by atoms with Crippen molar-refractivity contribution in [3.05, 3.63) is 29.3 Å². The van der Waals surface area contributed by atoms with Crippen LogP contribution < -0.4 is 0 Å². The summed E-state index contributed by atoms with van der Waals surface area (Å²) in [6, 6.07) is 6.62. The van der Waals surface area contributed by atoms with Crippen molar-refractivity contribution in [1.82, 2.24) is 14.7 Å². The third-order valence-electron chi connectivity index (χ3n) is 5.01. The standard InChI is InChI=1S/C19H27N3O2S/c1-20(2)18(23)13-21-8-10-22(11-9-21)19(24)14-25-17-7-6-15-4-3-5-16(15)12-17/h6-7,12H,3-5,8-11,13-14H2,1-2H3. The number of carbonyl (C=O) groups excluding carboxylic acids is 2. The van der Waals surface area contributed by atoms with Gasteiger partial charge in [-0.2, -0.15) is 0 Å². The van der Waals surface area contributed by atoms with Gasteiger partial charge in [0.05, 0.1) is 12.3 Å². The van der Waals surface area contributed by atoms with Gasteiger partial charge in [0.25, 0.3) is 0 Å². The summed E-state index contributed by atoms with van der Waals surface area (Å²) in [5, 5.41) is 0. The summed E-state index contributed by atoms with van der Waals surface area (Å²) in [4.78, 5) is 31.1. The predicted octanol–water partition coefficient (Wildman–Crippen LogP) is 1.50. The largest absolute Gasteiger partial charge is 0.348 e. The second kappa shape index (κ2) is 8.23. The van der Waals surface area contributed by atoms with E-state index in [0.717, 1.165) is 13.1 Å². The number of hydrogen-bond acceptors (Lipinski definition) is 4. The Morgan fingerprint density at radius 2 is 1.80 bits per heavy atom. The highest BCUT2D eigenvalue weighted by Gasteiger charge is 2.23. The minimum Gasteiger partial charge on any atom is -0.348 e. The van der Waals surface area contributed by atoms with Gasteiger partial charge in [-0.3, -0.25) is 14.5 Å². The minimum atomic E-state index is 0.118. The number of benzene rings is 1. The first kappa shape index (κ1) is 18.3. The van der Waals surface area contributed by atoms with E-state index in [1.807, 2.05) is 4.90 Å². The predicted molar refractivity (Wildman–Crippen MR) is 101 cm³/mol. The lowest BCUT2D eigenvalue weighted by molar-refractivity contribution is -0.132. The van der Waals surface area contributed by atoms with Crippen LogP contribution >= 0.6 is 11.8 Å². The zero-order valence-electron chi connectivity index (χ0n) is 15.2. The number of thioether (sulfide) groups is 1. The highest BCUT2D eigenvalue weighted by Crippen LogP contribution is 2.27. The van der Waals surface area contributed by atoms with Crippen molar-refractivity contribution in [2.45, 2.75) is 24.2 Å². The summed E-state index contributed by atoms with van der Waals surface area (Å²) in [6.07, 6.45) is 3.62. The molecule has 1 fully saturated rings. The second-order valence-electron chi connectivity index (χ2n) is 7.02. The Kier molecular flexibility index (Phi) is 6.02. The third kappa shape index (κ3) is 4.76. The lowest BCUT2D eigenvalue weighted by atomic mass is 10.1. The first-order valence-corrected chi connectivity index (χ1v) is 9.96. The Hall–Kier alpha value is -1.53. The number of hydrogen-bond donors (Lipinski definition) is 0. The van der Waals surface area contributed by atoms with E-state index in [0.29, 0.717) is 25.4 Å². The van der Waals surface area contributed by atoms with Gasteiger partial charge in [-0.15, -0.1) is 11.8 Å². The van der Waals surface area contributed by atoms with Crippen molar-refractivity contribution >= 4 is 23.6 Å². The van der Waals surface area contributed by atoms with Crippen molar-refractivity contribution < 1.29 is 9.59 Å². The molecule has 0 radical (unpaired) electrons. The highest BCUT2D eigenvalue weighted by atomic mass is 32.2. The Labute approximate surface area is 154 Å². The molecule has 0 spiro atoms. The number of nitrogens with zero attached hydrogens (tertiary/aromatic N) is 3. The second-order valence-corrected chi connectivity index (χ2v) is 8.07. The maximum Gasteiger partial charge on any atom is 0.236 e. The number of rotatable bonds is 5. The van der Waals surface area contributed by atoms with E-state index in [1.165, 1.54) is 35.3 Å². The number of amides is 2. The molecule has 0 N–H and O–H groups in total. The van der Waals surface area contributed by atoms with Crippen LogP contribution in [0.1, 0.15) is 17.5 Å². The van der Waals surface area contributed by atoms with Crippen molar-refractivity contribution in [2.24, 2.45) is 0 Å². The number of carbonyl (C=O) groups is 2. The number of likely N-dealkylation sites (N-methyl/N-ethyl adjacent to an activating group) is 1. The molecule has 5 nitrogen and oxygen atoms in total. The van der Waals surface area contributed by atoms with Gasteiger partial charge in [0.2, 0.25) is 11.8 Å². The van der Waals surface area contributed by atoms with E-state index in [9.17, 15) is 9.59 Å². The number of aryl methyl sites for hydroxylation is 2. The summed E-state index contributed by atoms with van der Waals surface area (Å²) in [5.41, 5.74) is 2.93. The van der Waals surface area contributed by atoms with Crippen LogP contribution in [0.2, 0.25) is 0 Å². The van der Waals surface area contributed by atoms with Gasteiger partial charge in [-0.25, -0.2) is 0 Å². The maximum absolute atomic E-state index is 12.5. The summed E-state index contributed by atoms with van der Waals surface area (Å²) >= 11 is 1.64. The smallest absolute Gasteiger partial charge is 0.236 e. The molecule has 0 aromatic heterocycles. The average Bonchev–Trinajstić information content (AvgIpc) is 3.08. The van der Waals surface area contributed by atoms with E-state index < -0.39 is 0 Å². The van der Waals surface area contributed by atoms with Crippen molar-refractivity contribution in [3.8, 4) is 0 Å². The lowest BCUT2D eigenvalue weighted by Gasteiger charge is -2.34. The quantitative estimate of drug-likeness (QED) is 0.746. The van der Waals surface area contributed by atoms with Crippen LogP contribution in [0.15, 0.2) is 23.1 Å². The molecule has 1 aliphatic carbocycles. The fraction of sp³-hybridized carbons (Fsp3) is 0.579. The lowest BCUT2D eigenvalue weighted by Crippen LogP contribution is -2.51. The van der Waals surface area contributed by atoms with Crippen LogP contribution in [0.4, 0.5) is 0 Å². The molecule has 0 saturated carbocycles. The summed E-state index contributed by atoms with van der Waals surface area (Å²) in [5.74, 6) is 0.811. The van der Waals surface area contributed by atoms with Crippen LogP contribution in [0.5, 0.6) is 0 Å². The first-order chi connectivity index (χ1) is 12.0.